The molecule has 0 aliphatic carbocycles. The SMILES string of the molecule is CCCC(NN)c1ccc(Br)c(Cl)c1. The average Bonchev–Trinajstić information content (AvgIpc) is 2.19. The summed E-state index contributed by atoms with van der Waals surface area (Å²) in [6.07, 6.45) is 2.09. The van der Waals surface area contributed by atoms with Crippen LogP contribution >= 0.6 is 27.5 Å². The van der Waals surface area contributed by atoms with E-state index in [1.165, 1.54) is 0 Å². The summed E-state index contributed by atoms with van der Waals surface area (Å²) in [5.74, 6) is 5.47. The van der Waals surface area contributed by atoms with Gasteiger partial charge in [0.1, 0.15) is 0 Å². The Morgan fingerprint density at radius 1 is 1.57 bits per heavy atom. The van der Waals surface area contributed by atoms with Crippen LogP contribution in [0, 0.1) is 0 Å². The minimum atomic E-state index is 0.186. The van der Waals surface area contributed by atoms with Crippen LogP contribution in [0.3, 0.4) is 0 Å². The highest BCUT2D eigenvalue weighted by atomic mass is 79.9. The molecule has 0 bridgehead atoms. The molecule has 1 atom stereocenters. The monoisotopic (exact) mass is 276 g/mol. The molecule has 0 radical (unpaired) electrons. The molecule has 0 amide bonds. The molecule has 3 N–H and O–H groups in total. The smallest absolute Gasteiger partial charge is 0.0551 e. The summed E-state index contributed by atoms with van der Waals surface area (Å²) in [5.41, 5.74) is 3.92. The maximum Gasteiger partial charge on any atom is 0.0551 e. The Bertz CT molecular complexity index is 304. The van der Waals surface area contributed by atoms with E-state index in [1.54, 1.807) is 0 Å². The second kappa shape index (κ2) is 5.71. The maximum absolute atomic E-state index is 6.00. The van der Waals surface area contributed by atoms with Crippen molar-refractivity contribution in [2.75, 3.05) is 0 Å². The molecule has 0 aliphatic heterocycles. The topological polar surface area (TPSA) is 38.0 Å². The van der Waals surface area contributed by atoms with Gasteiger partial charge in [0.25, 0.3) is 0 Å². The third-order valence-corrected chi connectivity index (χ3v) is 3.36. The van der Waals surface area contributed by atoms with Crippen LogP contribution in [-0.4, -0.2) is 0 Å². The molecule has 2 nitrogen and oxygen atoms in total. The normalized spacial score (nSPS) is 12.9. The van der Waals surface area contributed by atoms with Crippen LogP contribution in [0.2, 0.25) is 5.02 Å². The van der Waals surface area contributed by atoms with Gasteiger partial charge in [0, 0.05) is 10.5 Å². The fourth-order valence-corrected chi connectivity index (χ4v) is 1.80. The Morgan fingerprint density at radius 2 is 2.29 bits per heavy atom. The van der Waals surface area contributed by atoms with E-state index in [0.717, 1.165) is 27.9 Å². The number of nitrogens with one attached hydrogen (secondary N) is 1. The lowest BCUT2D eigenvalue weighted by molar-refractivity contribution is 0.510. The average molecular weight is 278 g/mol. The first kappa shape index (κ1) is 12.0. The predicted molar refractivity (Wildman–Crippen MR) is 64.1 cm³/mol. The van der Waals surface area contributed by atoms with Gasteiger partial charge in [-0.25, -0.2) is 0 Å². The highest BCUT2D eigenvalue weighted by Gasteiger charge is 2.09. The molecule has 0 fully saturated rings. The Kier molecular flexibility index (Phi) is 4.89. The summed E-state index contributed by atoms with van der Waals surface area (Å²) in [6, 6.07) is 6.09. The summed E-state index contributed by atoms with van der Waals surface area (Å²) in [7, 11) is 0. The van der Waals surface area contributed by atoms with E-state index in [4.69, 9.17) is 17.4 Å². The summed E-state index contributed by atoms with van der Waals surface area (Å²) >= 11 is 9.36. The predicted octanol–water partition coefficient (Wildman–Crippen LogP) is 3.41. The molecule has 1 rings (SSSR count). The molecule has 0 saturated carbocycles. The maximum atomic E-state index is 6.00. The van der Waals surface area contributed by atoms with Gasteiger partial charge < -0.3 is 0 Å². The third kappa shape index (κ3) is 2.95. The van der Waals surface area contributed by atoms with Crippen molar-refractivity contribution in [1.29, 1.82) is 0 Å². The Labute approximate surface area is 97.9 Å². The van der Waals surface area contributed by atoms with E-state index in [9.17, 15) is 0 Å². The quantitative estimate of drug-likeness (QED) is 0.654. The fourth-order valence-electron chi connectivity index (χ4n) is 1.36. The van der Waals surface area contributed by atoms with Gasteiger partial charge in [-0.2, -0.15) is 0 Å². The molecule has 0 saturated heterocycles. The molecule has 0 aliphatic rings. The van der Waals surface area contributed by atoms with Gasteiger partial charge in [-0.05, 0) is 40.0 Å². The summed E-state index contributed by atoms with van der Waals surface area (Å²) < 4.78 is 0.912. The van der Waals surface area contributed by atoms with Crippen LogP contribution in [0.5, 0.6) is 0 Å². The molecule has 1 aromatic rings. The number of nitrogens with two attached hydrogens (primary N) is 1. The van der Waals surface area contributed by atoms with Crippen LogP contribution < -0.4 is 11.3 Å². The first-order chi connectivity index (χ1) is 6.69. The second-order valence-electron chi connectivity index (χ2n) is 3.18. The van der Waals surface area contributed by atoms with E-state index in [1.807, 2.05) is 18.2 Å². The van der Waals surface area contributed by atoms with Crippen molar-refractivity contribution in [3.8, 4) is 0 Å². The number of benzene rings is 1. The molecule has 0 heterocycles. The number of rotatable bonds is 4. The molecule has 14 heavy (non-hydrogen) atoms. The summed E-state index contributed by atoms with van der Waals surface area (Å²) in [5, 5.41) is 0.721. The fraction of sp³-hybridized carbons (Fsp3) is 0.400. The van der Waals surface area contributed by atoms with E-state index >= 15 is 0 Å². The lowest BCUT2D eigenvalue weighted by atomic mass is 10.0. The molecule has 4 heteroatoms. The van der Waals surface area contributed by atoms with Gasteiger partial charge in [-0.3, -0.25) is 11.3 Å². The van der Waals surface area contributed by atoms with E-state index in [0.29, 0.717) is 0 Å². The molecule has 0 spiro atoms. The zero-order valence-corrected chi connectivity index (χ0v) is 10.4. The Balaban J connectivity index is 2.88. The van der Waals surface area contributed by atoms with Crippen molar-refractivity contribution >= 4 is 27.5 Å². The van der Waals surface area contributed by atoms with Crippen molar-refractivity contribution in [2.45, 2.75) is 25.8 Å². The summed E-state index contributed by atoms with van der Waals surface area (Å²) in [6.45, 7) is 2.13. The van der Waals surface area contributed by atoms with Crippen LogP contribution in [0.15, 0.2) is 22.7 Å². The third-order valence-electron chi connectivity index (χ3n) is 2.12. The number of halogens is 2. The number of hydrazine groups is 1. The van der Waals surface area contributed by atoms with Gasteiger partial charge in [-0.1, -0.05) is 31.0 Å². The van der Waals surface area contributed by atoms with Crippen molar-refractivity contribution in [2.24, 2.45) is 5.84 Å². The standard InChI is InChI=1S/C10H14BrClN2/c1-2-3-10(14-13)7-4-5-8(11)9(12)6-7/h4-6,10,14H,2-3,13H2,1H3. The molecule has 78 valence electrons. The van der Waals surface area contributed by atoms with Crippen LogP contribution in [0.4, 0.5) is 0 Å². The van der Waals surface area contributed by atoms with Crippen LogP contribution in [-0.2, 0) is 0 Å². The van der Waals surface area contributed by atoms with Gasteiger partial charge in [0.05, 0.1) is 5.02 Å². The first-order valence-corrected chi connectivity index (χ1v) is 5.77. The highest BCUT2D eigenvalue weighted by molar-refractivity contribution is 9.10. The number of hydrogen-bond donors (Lipinski definition) is 2. The largest absolute Gasteiger partial charge is 0.271 e. The van der Waals surface area contributed by atoms with Crippen molar-refractivity contribution in [1.82, 2.24) is 5.43 Å². The lowest BCUT2D eigenvalue weighted by Crippen LogP contribution is -2.27. The number of hydrogen-bond acceptors (Lipinski definition) is 2. The lowest BCUT2D eigenvalue weighted by Gasteiger charge is -2.15. The van der Waals surface area contributed by atoms with E-state index < -0.39 is 0 Å². The minimum Gasteiger partial charge on any atom is -0.271 e. The molecule has 1 aromatic carbocycles. The molecular weight excluding hydrogens is 263 g/mol. The molecule has 0 aromatic heterocycles. The van der Waals surface area contributed by atoms with Gasteiger partial charge in [0.2, 0.25) is 0 Å². The van der Waals surface area contributed by atoms with Crippen LogP contribution in [0.1, 0.15) is 31.4 Å². The van der Waals surface area contributed by atoms with Crippen LogP contribution in [0.25, 0.3) is 0 Å². The Hall–Kier alpha value is -0.0900. The van der Waals surface area contributed by atoms with E-state index in [-0.39, 0.29) is 6.04 Å². The van der Waals surface area contributed by atoms with Crippen molar-refractivity contribution in [3.63, 3.8) is 0 Å². The second-order valence-corrected chi connectivity index (χ2v) is 4.44. The highest BCUT2D eigenvalue weighted by Crippen LogP contribution is 2.27. The van der Waals surface area contributed by atoms with Gasteiger partial charge >= 0.3 is 0 Å². The molecule has 1 unspecified atom stereocenters. The first-order valence-electron chi connectivity index (χ1n) is 4.60. The minimum absolute atomic E-state index is 0.186. The van der Waals surface area contributed by atoms with Gasteiger partial charge in [0.15, 0.2) is 0 Å². The van der Waals surface area contributed by atoms with Gasteiger partial charge in [-0.15, -0.1) is 0 Å². The zero-order chi connectivity index (χ0) is 10.6. The molecular formula is C10H14BrClN2. The Morgan fingerprint density at radius 3 is 2.79 bits per heavy atom. The van der Waals surface area contributed by atoms with Crippen molar-refractivity contribution < 1.29 is 0 Å². The summed E-state index contributed by atoms with van der Waals surface area (Å²) in [4.78, 5) is 0. The van der Waals surface area contributed by atoms with E-state index in [2.05, 4.69) is 28.3 Å². The zero-order valence-electron chi connectivity index (χ0n) is 8.06. The van der Waals surface area contributed by atoms with Crippen molar-refractivity contribution in [3.05, 3.63) is 33.3 Å².